The zero-order valence-corrected chi connectivity index (χ0v) is 14.1. The zero-order valence-electron chi connectivity index (χ0n) is 14.1. The number of methoxy groups -OCH3 is 1. The third-order valence-corrected chi connectivity index (χ3v) is 3.76. The van der Waals surface area contributed by atoms with E-state index in [2.05, 4.69) is 6.92 Å². The number of aryl methyl sites for hydroxylation is 1. The molecule has 4 nitrogen and oxygen atoms in total. The molecule has 0 amide bonds. The average molecular weight is 320 g/mol. The molecule has 0 spiro atoms. The van der Waals surface area contributed by atoms with Crippen molar-refractivity contribution in [3.63, 3.8) is 0 Å². The first kappa shape index (κ1) is 19.2. The van der Waals surface area contributed by atoms with Crippen LogP contribution in [0.4, 0.5) is 0 Å². The second-order valence-electron chi connectivity index (χ2n) is 5.75. The van der Waals surface area contributed by atoms with Crippen LogP contribution in [0.15, 0.2) is 30.4 Å². The van der Waals surface area contributed by atoms with Crippen LogP contribution in [0.2, 0.25) is 0 Å². The molecule has 0 unspecified atom stereocenters. The van der Waals surface area contributed by atoms with E-state index in [1.807, 2.05) is 0 Å². The molecule has 0 saturated heterocycles. The third-order valence-electron chi connectivity index (χ3n) is 3.76. The van der Waals surface area contributed by atoms with Crippen LogP contribution in [0, 0.1) is 0 Å². The number of hydrogen-bond acceptors (Lipinski definition) is 4. The predicted molar refractivity (Wildman–Crippen MR) is 91.9 cm³/mol. The van der Waals surface area contributed by atoms with Crippen LogP contribution in [0.25, 0.3) is 0 Å². The van der Waals surface area contributed by atoms with Crippen molar-refractivity contribution in [3.8, 4) is 11.5 Å². The molecule has 0 heterocycles. The van der Waals surface area contributed by atoms with Gasteiger partial charge in [-0.15, -0.1) is 0 Å². The molecule has 0 fully saturated rings. The molecule has 0 aliphatic rings. The molecule has 2 N–H and O–H groups in total. The van der Waals surface area contributed by atoms with E-state index in [-0.39, 0.29) is 11.5 Å². The van der Waals surface area contributed by atoms with Crippen molar-refractivity contribution >= 4 is 5.78 Å². The van der Waals surface area contributed by atoms with E-state index >= 15 is 0 Å². The fourth-order valence-electron chi connectivity index (χ4n) is 2.32. The lowest BCUT2D eigenvalue weighted by molar-refractivity contribution is -0.114. The summed E-state index contributed by atoms with van der Waals surface area (Å²) in [5.74, 6) is 0.492. The van der Waals surface area contributed by atoms with E-state index in [4.69, 9.17) is 4.74 Å². The number of ether oxygens (including phenoxy) is 1. The number of ketones is 1. The number of hydrogen-bond donors (Lipinski definition) is 2. The van der Waals surface area contributed by atoms with Gasteiger partial charge in [0.05, 0.1) is 13.2 Å². The van der Waals surface area contributed by atoms with Crippen LogP contribution in [0.5, 0.6) is 11.5 Å². The number of aliphatic hydroxyl groups is 1. The molecule has 0 aromatic heterocycles. The molecule has 23 heavy (non-hydrogen) atoms. The van der Waals surface area contributed by atoms with Crippen LogP contribution < -0.4 is 4.74 Å². The molecule has 0 saturated carbocycles. The number of phenols is 1. The number of unbranched alkanes of at least 4 members (excludes halogenated alkanes) is 3. The summed E-state index contributed by atoms with van der Waals surface area (Å²) >= 11 is 0. The van der Waals surface area contributed by atoms with Crippen molar-refractivity contribution in [1.29, 1.82) is 0 Å². The van der Waals surface area contributed by atoms with Crippen molar-refractivity contribution in [1.82, 2.24) is 0 Å². The number of aromatic hydroxyl groups is 1. The van der Waals surface area contributed by atoms with E-state index in [1.54, 1.807) is 24.3 Å². The summed E-state index contributed by atoms with van der Waals surface area (Å²) in [7, 11) is 1.49. The maximum Gasteiger partial charge on any atom is 0.160 e. The van der Waals surface area contributed by atoms with Gasteiger partial charge < -0.3 is 14.9 Å². The Morgan fingerprint density at radius 2 is 2.09 bits per heavy atom. The first-order valence-electron chi connectivity index (χ1n) is 8.31. The van der Waals surface area contributed by atoms with E-state index in [9.17, 15) is 15.0 Å². The molecule has 128 valence electrons. The van der Waals surface area contributed by atoms with Gasteiger partial charge in [0, 0.05) is 6.42 Å². The predicted octanol–water partition coefficient (Wildman–Crippen LogP) is 3.79. The third kappa shape index (κ3) is 7.84. The highest BCUT2D eigenvalue weighted by molar-refractivity contribution is 5.89. The minimum absolute atomic E-state index is 0.00958. The lowest BCUT2D eigenvalue weighted by Gasteiger charge is -2.06. The van der Waals surface area contributed by atoms with Gasteiger partial charge in [0.2, 0.25) is 0 Å². The van der Waals surface area contributed by atoms with Crippen molar-refractivity contribution in [2.75, 3.05) is 7.11 Å². The molecule has 1 rings (SSSR count). The number of allylic oxidation sites excluding steroid dienone is 1. The zero-order chi connectivity index (χ0) is 17.1. The fourth-order valence-corrected chi connectivity index (χ4v) is 2.32. The summed E-state index contributed by atoms with van der Waals surface area (Å²) in [6.07, 6.45) is 8.65. The lowest BCUT2D eigenvalue weighted by atomic mass is 10.1. The molecule has 0 aliphatic carbocycles. The van der Waals surface area contributed by atoms with Gasteiger partial charge in [-0.25, -0.2) is 0 Å². The highest BCUT2D eigenvalue weighted by Gasteiger charge is 2.05. The highest BCUT2D eigenvalue weighted by atomic mass is 16.5. The summed E-state index contributed by atoms with van der Waals surface area (Å²) in [4.78, 5) is 11.8. The number of carbonyl (C=O) groups excluding carboxylic acids is 1. The second-order valence-corrected chi connectivity index (χ2v) is 5.75. The number of aliphatic hydroxyl groups excluding tert-OH is 1. The average Bonchev–Trinajstić information content (AvgIpc) is 2.56. The van der Waals surface area contributed by atoms with E-state index in [0.717, 1.165) is 18.4 Å². The molecule has 1 aromatic rings. The molecular weight excluding hydrogens is 292 g/mol. The van der Waals surface area contributed by atoms with Crippen molar-refractivity contribution in [3.05, 3.63) is 35.9 Å². The Kier molecular flexibility index (Phi) is 9.07. The SMILES string of the molecule is CCCCCC[C@@H](O)/C=C/C(=O)CCc1ccc(O)c(OC)c1. The lowest BCUT2D eigenvalue weighted by Crippen LogP contribution is -2.04. The molecular formula is C19H28O4. The van der Waals surface area contributed by atoms with E-state index in [1.165, 1.54) is 26.0 Å². The van der Waals surface area contributed by atoms with Gasteiger partial charge in [-0.1, -0.05) is 44.7 Å². The minimum atomic E-state index is -0.537. The Hall–Kier alpha value is -1.81. The number of phenolic OH excluding ortho intramolecular Hbond substituents is 1. The van der Waals surface area contributed by atoms with Crippen LogP contribution in [0.1, 0.15) is 51.0 Å². The maximum atomic E-state index is 11.8. The minimum Gasteiger partial charge on any atom is -0.504 e. The highest BCUT2D eigenvalue weighted by Crippen LogP contribution is 2.26. The number of rotatable bonds is 11. The molecule has 0 aliphatic heterocycles. The second kappa shape index (κ2) is 10.8. The van der Waals surface area contributed by atoms with Crippen molar-refractivity contribution in [2.24, 2.45) is 0 Å². The summed E-state index contributed by atoms with van der Waals surface area (Å²) in [6, 6.07) is 5.07. The monoisotopic (exact) mass is 320 g/mol. The van der Waals surface area contributed by atoms with Crippen LogP contribution in [-0.2, 0) is 11.2 Å². The molecule has 1 aromatic carbocycles. The first-order valence-corrected chi connectivity index (χ1v) is 8.31. The van der Waals surface area contributed by atoms with Crippen LogP contribution in [0.3, 0.4) is 0 Å². The van der Waals surface area contributed by atoms with Gasteiger partial charge >= 0.3 is 0 Å². The van der Waals surface area contributed by atoms with Gasteiger partial charge in [-0.05, 0) is 36.6 Å². The summed E-state index contributed by atoms with van der Waals surface area (Å²) < 4.78 is 5.04. The van der Waals surface area contributed by atoms with E-state index < -0.39 is 6.10 Å². The molecule has 1 atom stereocenters. The van der Waals surface area contributed by atoms with Crippen molar-refractivity contribution in [2.45, 2.75) is 58.0 Å². The smallest absolute Gasteiger partial charge is 0.160 e. The molecule has 0 radical (unpaired) electrons. The topological polar surface area (TPSA) is 66.8 Å². The first-order chi connectivity index (χ1) is 11.1. The van der Waals surface area contributed by atoms with Crippen LogP contribution in [-0.4, -0.2) is 29.2 Å². The van der Waals surface area contributed by atoms with Gasteiger partial charge in [-0.3, -0.25) is 4.79 Å². The van der Waals surface area contributed by atoms with Gasteiger partial charge in [0.25, 0.3) is 0 Å². The standard InChI is InChI=1S/C19H28O4/c1-3-4-5-6-7-16(20)11-12-17(21)10-8-15-9-13-18(22)19(14-15)23-2/h9,11-14,16,20,22H,3-8,10H2,1-2H3/b12-11+/t16-/m1/s1. The Bertz CT molecular complexity index is 508. The molecule has 4 heteroatoms. The number of benzene rings is 1. The quantitative estimate of drug-likeness (QED) is 0.481. The van der Waals surface area contributed by atoms with Crippen LogP contribution >= 0.6 is 0 Å². The van der Waals surface area contributed by atoms with E-state index in [0.29, 0.717) is 25.0 Å². The Morgan fingerprint density at radius 1 is 1.30 bits per heavy atom. The summed E-state index contributed by atoms with van der Waals surface area (Å²) in [5, 5.41) is 19.3. The summed E-state index contributed by atoms with van der Waals surface area (Å²) in [5.41, 5.74) is 0.932. The Balaban J connectivity index is 2.34. The maximum absolute atomic E-state index is 11.8. The van der Waals surface area contributed by atoms with Gasteiger partial charge in [0.1, 0.15) is 0 Å². The van der Waals surface area contributed by atoms with Gasteiger partial charge in [0.15, 0.2) is 17.3 Å². The Morgan fingerprint density at radius 3 is 2.78 bits per heavy atom. The van der Waals surface area contributed by atoms with Crippen molar-refractivity contribution < 1.29 is 19.7 Å². The summed E-state index contributed by atoms with van der Waals surface area (Å²) in [6.45, 7) is 2.15. The number of carbonyl (C=O) groups is 1. The largest absolute Gasteiger partial charge is 0.504 e. The Labute approximate surface area is 138 Å². The van der Waals surface area contributed by atoms with Gasteiger partial charge in [-0.2, -0.15) is 0 Å². The fraction of sp³-hybridized carbons (Fsp3) is 0.526. The normalized spacial score (nSPS) is 12.5. The molecule has 0 bridgehead atoms.